The van der Waals surface area contributed by atoms with Crippen molar-refractivity contribution in [3.63, 3.8) is 0 Å². The van der Waals surface area contributed by atoms with Crippen molar-refractivity contribution in [1.82, 2.24) is 0 Å². The van der Waals surface area contributed by atoms with Crippen LogP contribution in [-0.4, -0.2) is 11.6 Å². The zero-order valence-corrected chi connectivity index (χ0v) is 14.9. The summed E-state index contributed by atoms with van der Waals surface area (Å²) >= 11 is 0. The molecule has 0 aromatic carbocycles. The fraction of sp³-hybridized carbons (Fsp3) is 0.810. The Kier molecular flexibility index (Phi) is 3.42. The minimum Gasteiger partial charge on any atom is -0.300 e. The number of ketones is 2. The Morgan fingerprint density at radius 3 is 2.57 bits per heavy atom. The molecular formula is C21H30O2. The van der Waals surface area contributed by atoms with Crippen LogP contribution in [-0.2, 0) is 9.59 Å². The smallest absolute Gasteiger partial charge is 0.155 e. The van der Waals surface area contributed by atoms with Gasteiger partial charge in [0.1, 0.15) is 5.78 Å². The molecule has 0 heterocycles. The fourth-order valence-electron chi connectivity index (χ4n) is 7.23. The van der Waals surface area contributed by atoms with E-state index in [1.807, 2.05) is 6.08 Å². The van der Waals surface area contributed by atoms with E-state index in [-0.39, 0.29) is 10.8 Å². The largest absolute Gasteiger partial charge is 0.300 e. The lowest BCUT2D eigenvalue weighted by Crippen LogP contribution is -2.51. The van der Waals surface area contributed by atoms with Crippen LogP contribution in [0.2, 0.25) is 0 Å². The first-order valence-electron chi connectivity index (χ1n) is 9.60. The number of carbonyl (C=O) groups excluding carboxylic acids is 2. The van der Waals surface area contributed by atoms with Crippen molar-refractivity contribution in [2.24, 2.45) is 34.5 Å². The van der Waals surface area contributed by atoms with Crippen LogP contribution in [0.3, 0.4) is 0 Å². The van der Waals surface area contributed by atoms with Gasteiger partial charge < -0.3 is 0 Å². The minimum atomic E-state index is 0.245. The van der Waals surface area contributed by atoms with Crippen LogP contribution < -0.4 is 0 Å². The van der Waals surface area contributed by atoms with E-state index in [9.17, 15) is 9.59 Å². The topological polar surface area (TPSA) is 34.1 Å². The molecule has 0 spiro atoms. The minimum absolute atomic E-state index is 0.245. The van der Waals surface area contributed by atoms with Gasteiger partial charge in [0.05, 0.1) is 0 Å². The van der Waals surface area contributed by atoms with Gasteiger partial charge in [-0.25, -0.2) is 0 Å². The quantitative estimate of drug-likeness (QED) is 0.656. The summed E-state index contributed by atoms with van der Waals surface area (Å²) in [6, 6.07) is 0. The third-order valence-electron chi connectivity index (χ3n) is 8.45. The highest BCUT2D eigenvalue weighted by atomic mass is 16.2. The maximum atomic E-state index is 12.1. The standard InChI is InChI=1S/C21H30O2/c1-13(22)17-6-7-18-16-5-4-14-12-15(23)8-10-20(14,2)19(16)9-11-21(17,18)3/h12,16-19H,4-11H2,1-3H3/t16-,17+,18-,19-,20-,21+/m0/s1/i8+1,12+1,15+1. The number of rotatable bonds is 1. The van der Waals surface area contributed by atoms with Crippen LogP contribution in [0, 0.1) is 34.5 Å². The van der Waals surface area contributed by atoms with Crippen LogP contribution in [0.4, 0.5) is 0 Å². The molecule has 23 heavy (non-hydrogen) atoms. The molecule has 0 unspecified atom stereocenters. The third kappa shape index (κ3) is 2.06. The van der Waals surface area contributed by atoms with Crippen molar-refractivity contribution in [1.29, 1.82) is 0 Å². The van der Waals surface area contributed by atoms with Gasteiger partial charge in [0, 0.05) is 12.3 Å². The second-order valence-corrected chi connectivity index (χ2v) is 9.25. The van der Waals surface area contributed by atoms with Crippen LogP contribution in [0.25, 0.3) is 0 Å². The lowest BCUT2D eigenvalue weighted by molar-refractivity contribution is -0.128. The highest BCUT2D eigenvalue weighted by molar-refractivity contribution is 5.91. The number of allylic oxidation sites excluding steroid dienone is 1. The Bertz CT molecular complexity index is 589. The van der Waals surface area contributed by atoms with Crippen molar-refractivity contribution in [2.75, 3.05) is 0 Å². The van der Waals surface area contributed by atoms with Gasteiger partial charge in [0.15, 0.2) is 5.78 Å². The SMILES string of the molecule is CC(=O)[C@H]1CC[C@H]2[C@@H]3CCC4=[13CH][13C](=O)[13CH2]C[C@]4(C)[C@H]3CC[C@]12C. The Morgan fingerprint density at radius 1 is 1.04 bits per heavy atom. The lowest BCUT2D eigenvalue weighted by atomic mass is 9.48. The molecule has 2 nitrogen and oxygen atoms in total. The highest BCUT2D eigenvalue weighted by Gasteiger charge is 2.59. The van der Waals surface area contributed by atoms with Gasteiger partial charge >= 0.3 is 0 Å². The first-order valence-corrected chi connectivity index (χ1v) is 9.60. The Hall–Kier alpha value is -0.920. The molecule has 126 valence electrons. The summed E-state index contributed by atoms with van der Waals surface area (Å²) in [5.41, 5.74) is 1.95. The number of hydrogen-bond donors (Lipinski definition) is 0. The number of hydrogen-bond acceptors (Lipinski definition) is 2. The van der Waals surface area contributed by atoms with Gasteiger partial charge in [0.2, 0.25) is 0 Å². The molecule has 0 N–H and O–H groups in total. The van der Waals surface area contributed by atoms with Crippen LogP contribution in [0.15, 0.2) is 11.6 Å². The molecule has 2 heteroatoms. The molecule has 4 aliphatic rings. The molecule has 0 aliphatic heterocycles. The van der Waals surface area contributed by atoms with E-state index in [1.165, 1.54) is 31.3 Å². The third-order valence-corrected chi connectivity index (χ3v) is 8.45. The molecule has 0 saturated heterocycles. The molecule has 3 fully saturated rings. The molecule has 4 rings (SSSR count). The van der Waals surface area contributed by atoms with Crippen molar-refractivity contribution in [3.05, 3.63) is 11.6 Å². The monoisotopic (exact) mass is 317 g/mol. The van der Waals surface area contributed by atoms with E-state index >= 15 is 0 Å². The van der Waals surface area contributed by atoms with Crippen molar-refractivity contribution in [2.45, 2.75) is 72.1 Å². The summed E-state index contributed by atoms with van der Waals surface area (Å²) in [7, 11) is 0. The molecule has 4 aliphatic carbocycles. The van der Waals surface area contributed by atoms with Gasteiger partial charge in [-0.3, -0.25) is 9.59 Å². The van der Waals surface area contributed by atoms with Crippen LogP contribution in [0.1, 0.15) is 72.1 Å². The van der Waals surface area contributed by atoms with E-state index in [0.717, 1.165) is 43.4 Å². The average Bonchev–Trinajstić information content (AvgIpc) is 2.85. The second kappa shape index (κ2) is 5.04. The van der Waals surface area contributed by atoms with E-state index in [1.54, 1.807) is 6.92 Å². The van der Waals surface area contributed by atoms with Gasteiger partial charge in [-0.1, -0.05) is 19.4 Å². The van der Waals surface area contributed by atoms with Gasteiger partial charge in [-0.15, -0.1) is 0 Å². The average molecular weight is 317 g/mol. The maximum Gasteiger partial charge on any atom is 0.155 e. The molecule has 0 amide bonds. The first kappa shape index (κ1) is 15.6. The zero-order chi connectivity index (χ0) is 16.4. The predicted octanol–water partition coefficient (Wildman–Crippen LogP) is 4.72. The van der Waals surface area contributed by atoms with E-state index < -0.39 is 0 Å². The van der Waals surface area contributed by atoms with Crippen molar-refractivity contribution in [3.8, 4) is 0 Å². The lowest BCUT2D eigenvalue weighted by Gasteiger charge is -2.58. The van der Waals surface area contributed by atoms with Crippen molar-refractivity contribution < 1.29 is 9.59 Å². The first-order chi connectivity index (χ1) is 10.9. The molecule has 0 aromatic heterocycles. The van der Waals surface area contributed by atoms with E-state index in [0.29, 0.717) is 17.5 Å². The van der Waals surface area contributed by atoms with Gasteiger partial charge in [-0.05, 0) is 86.5 Å². The van der Waals surface area contributed by atoms with Gasteiger partial charge in [0.25, 0.3) is 0 Å². The fourth-order valence-corrected chi connectivity index (χ4v) is 7.23. The summed E-state index contributed by atoms with van der Waals surface area (Å²) in [6.45, 7) is 6.65. The molecule has 0 radical (unpaired) electrons. The number of fused-ring (bicyclic) bond motifs is 5. The van der Waals surface area contributed by atoms with E-state index in [4.69, 9.17) is 0 Å². The second-order valence-electron chi connectivity index (χ2n) is 9.25. The highest BCUT2D eigenvalue weighted by Crippen LogP contribution is 2.66. The molecular weight excluding hydrogens is 287 g/mol. The number of carbonyl (C=O) groups is 2. The molecule has 0 aromatic rings. The Labute approximate surface area is 140 Å². The van der Waals surface area contributed by atoms with E-state index in [2.05, 4.69) is 13.8 Å². The van der Waals surface area contributed by atoms with Gasteiger partial charge in [-0.2, -0.15) is 0 Å². The summed E-state index contributed by atoms with van der Waals surface area (Å²) in [4.78, 5) is 24.0. The predicted molar refractivity (Wildman–Crippen MR) is 90.9 cm³/mol. The molecule has 0 bridgehead atoms. The summed E-state index contributed by atoms with van der Waals surface area (Å²) < 4.78 is 0. The summed E-state index contributed by atoms with van der Waals surface area (Å²) in [6.07, 6.45) is 10.9. The van der Waals surface area contributed by atoms with Crippen LogP contribution >= 0.6 is 0 Å². The van der Waals surface area contributed by atoms with Crippen LogP contribution in [0.5, 0.6) is 0 Å². The normalized spacial score (nSPS) is 49.0. The molecule has 3 saturated carbocycles. The molecule has 6 atom stereocenters. The van der Waals surface area contributed by atoms with Crippen molar-refractivity contribution >= 4 is 11.6 Å². The Balaban J connectivity index is 1.67. The summed E-state index contributed by atoms with van der Waals surface area (Å²) in [5, 5.41) is 0. The maximum absolute atomic E-state index is 12.1. The zero-order valence-electron chi connectivity index (χ0n) is 14.9. The number of Topliss-reactive ketones (excluding diaryl/α,β-unsaturated/α-hetero) is 1. The Morgan fingerprint density at radius 2 is 1.83 bits per heavy atom. The summed E-state index contributed by atoms with van der Waals surface area (Å²) in [5.74, 6) is 3.29.